The van der Waals surface area contributed by atoms with Crippen molar-refractivity contribution < 1.29 is 13.2 Å². The molecule has 0 aromatic heterocycles. The zero-order valence-corrected chi connectivity index (χ0v) is 14.3. The fraction of sp³-hybridized carbons (Fsp3) is 1.00. The maximum absolute atomic E-state index is 12.3. The molecule has 0 amide bonds. The van der Waals surface area contributed by atoms with Crippen molar-refractivity contribution in [2.75, 3.05) is 12.3 Å². The van der Waals surface area contributed by atoms with Crippen LogP contribution >= 0.6 is 11.8 Å². The predicted molar refractivity (Wildman–Crippen MR) is 85.5 cm³/mol. The lowest BCUT2D eigenvalue weighted by molar-refractivity contribution is -0.0329. The highest BCUT2D eigenvalue weighted by molar-refractivity contribution is 8.00. The Morgan fingerprint density at radius 2 is 1.86 bits per heavy atom. The quantitative estimate of drug-likeness (QED) is 0.636. The van der Waals surface area contributed by atoms with Crippen molar-refractivity contribution in [2.45, 2.75) is 70.8 Å². The second-order valence-electron chi connectivity index (χ2n) is 6.63. The Bertz CT molecular complexity index is 281. The van der Waals surface area contributed by atoms with E-state index in [9.17, 15) is 13.2 Å². The SMILES string of the molecule is CCCC1CCC(CNC(C)C)C(CCSC(F)(F)F)C1. The molecule has 1 aliphatic carbocycles. The molecule has 1 nitrogen and oxygen atoms in total. The van der Waals surface area contributed by atoms with Crippen LogP contribution in [0.5, 0.6) is 0 Å². The van der Waals surface area contributed by atoms with E-state index in [-0.39, 0.29) is 17.5 Å². The van der Waals surface area contributed by atoms with Crippen LogP contribution in [0.3, 0.4) is 0 Å². The third kappa shape index (κ3) is 8.34. The molecule has 1 fully saturated rings. The van der Waals surface area contributed by atoms with E-state index in [0.29, 0.717) is 24.3 Å². The van der Waals surface area contributed by atoms with E-state index in [4.69, 9.17) is 0 Å². The van der Waals surface area contributed by atoms with Crippen molar-refractivity contribution in [3.63, 3.8) is 0 Å². The van der Waals surface area contributed by atoms with E-state index < -0.39 is 5.51 Å². The first-order valence-electron chi connectivity index (χ1n) is 8.25. The van der Waals surface area contributed by atoms with Crippen molar-refractivity contribution in [3.05, 3.63) is 0 Å². The Kier molecular flexibility index (Phi) is 8.47. The molecule has 1 aliphatic rings. The molecular formula is C16H30F3NS. The third-order valence-corrected chi connectivity index (χ3v) is 5.26. The summed E-state index contributed by atoms with van der Waals surface area (Å²) in [6.07, 6.45) is 6.66. The molecule has 5 heteroatoms. The largest absolute Gasteiger partial charge is 0.441 e. The van der Waals surface area contributed by atoms with Gasteiger partial charge >= 0.3 is 5.51 Å². The van der Waals surface area contributed by atoms with E-state index in [0.717, 1.165) is 18.9 Å². The summed E-state index contributed by atoms with van der Waals surface area (Å²) in [7, 11) is 0. The van der Waals surface area contributed by atoms with Gasteiger partial charge in [0.25, 0.3) is 0 Å². The van der Waals surface area contributed by atoms with Crippen LogP contribution < -0.4 is 5.32 Å². The number of rotatable bonds is 8. The molecule has 21 heavy (non-hydrogen) atoms. The van der Waals surface area contributed by atoms with E-state index in [2.05, 4.69) is 26.1 Å². The summed E-state index contributed by atoms with van der Waals surface area (Å²) in [6, 6.07) is 0.448. The summed E-state index contributed by atoms with van der Waals surface area (Å²) in [4.78, 5) is 0. The summed E-state index contributed by atoms with van der Waals surface area (Å²) in [5.41, 5.74) is -4.08. The van der Waals surface area contributed by atoms with Gasteiger partial charge < -0.3 is 5.32 Å². The van der Waals surface area contributed by atoms with Crippen LogP contribution in [-0.4, -0.2) is 23.8 Å². The predicted octanol–water partition coefficient (Wildman–Crippen LogP) is 5.46. The van der Waals surface area contributed by atoms with Crippen LogP contribution in [0.4, 0.5) is 13.2 Å². The molecule has 126 valence electrons. The second kappa shape index (κ2) is 9.29. The highest BCUT2D eigenvalue weighted by Gasteiger charge is 2.32. The van der Waals surface area contributed by atoms with Crippen molar-refractivity contribution in [1.82, 2.24) is 5.32 Å². The number of hydrogen-bond donors (Lipinski definition) is 1. The number of nitrogens with one attached hydrogen (secondary N) is 1. The topological polar surface area (TPSA) is 12.0 Å². The smallest absolute Gasteiger partial charge is 0.314 e. The van der Waals surface area contributed by atoms with Gasteiger partial charge in [0, 0.05) is 11.8 Å². The first-order chi connectivity index (χ1) is 9.81. The normalized spacial score (nSPS) is 27.3. The fourth-order valence-electron chi connectivity index (χ4n) is 3.43. The van der Waals surface area contributed by atoms with Crippen LogP contribution in [-0.2, 0) is 0 Å². The molecule has 3 unspecified atom stereocenters. The van der Waals surface area contributed by atoms with Gasteiger partial charge in [-0.15, -0.1) is 0 Å². The van der Waals surface area contributed by atoms with Crippen LogP contribution in [0.1, 0.15) is 59.3 Å². The summed E-state index contributed by atoms with van der Waals surface area (Å²) < 4.78 is 36.9. The summed E-state index contributed by atoms with van der Waals surface area (Å²) in [5.74, 6) is 1.95. The number of hydrogen-bond acceptors (Lipinski definition) is 2. The van der Waals surface area contributed by atoms with Crippen LogP contribution in [0.2, 0.25) is 0 Å². The highest BCUT2D eigenvalue weighted by atomic mass is 32.2. The van der Waals surface area contributed by atoms with Gasteiger partial charge in [0.15, 0.2) is 0 Å². The minimum absolute atomic E-state index is 0.148. The summed E-state index contributed by atoms with van der Waals surface area (Å²) >= 11 is 0.148. The Balaban J connectivity index is 2.47. The molecule has 0 bridgehead atoms. The van der Waals surface area contributed by atoms with Crippen molar-refractivity contribution >= 4 is 11.8 Å². The monoisotopic (exact) mass is 325 g/mol. The fourth-order valence-corrected chi connectivity index (χ4v) is 4.08. The van der Waals surface area contributed by atoms with Gasteiger partial charge in [0.1, 0.15) is 0 Å². The zero-order valence-electron chi connectivity index (χ0n) is 13.5. The Labute approximate surface area is 131 Å². The molecular weight excluding hydrogens is 295 g/mol. The Morgan fingerprint density at radius 1 is 1.14 bits per heavy atom. The molecule has 0 heterocycles. The second-order valence-corrected chi connectivity index (χ2v) is 7.79. The van der Waals surface area contributed by atoms with E-state index >= 15 is 0 Å². The van der Waals surface area contributed by atoms with E-state index in [1.54, 1.807) is 0 Å². The van der Waals surface area contributed by atoms with Gasteiger partial charge in [-0.05, 0) is 43.6 Å². The molecule has 1 saturated carbocycles. The average Bonchev–Trinajstić information content (AvgIpc) is 2.36. The van der Waals surface area contributed by atoms with Gasteiger partial charge in [-0.25, -0.2) is 0 Å². The lowest BCUT2D eigenvalue weighted by Gasteiger charge is -2.37. The van der Waals surface area contributed by atoms with E-state index in [1.807, 2.05) is 0 Å². The summed E-state index contributed by atoms with van der Waals surface area (Å²) in [5, 5.41) is 3.47. The number of halogens is 3. The maximum Gasteiger partial charge on any atom is 0.441 e. The molecule has 0 aromatic rings. The minimum Gasteiger partial charge on any atom is -0.314 e. The molecule has 1 N–H and O–H groups in total. The molecule has 1 rings (SSSR count). The molecule has 0 radical (unpaired) electrons. The van der Waals surface area contributed by atoms with E-state index in [1.165, 1.54) is 25.7 Å². The highest BCUT2D eigenvalue weighted by Crippen LogP contribution is 2.40. The average molecular weight is 325 g/mol. The molecule has 0 aliphatic heterocycles. The number of thioether (sulfide) groups is 1. The van der Waals surface area contributed by atoms with Crippen LogP contribution in [0.25, 0.3) is 0 Å². The third-order valence-electron chi connectivity index (χ3n) is 4.49. The van der Waals surface area contributed by atoms with Gasteiger partial charge in [-0.3, -0.25) is 0 Å². The zero-order chi connectivity index (χ0) is 15.9. The first-order valence-corrected chi connectivity index (χ1v) is 9.24. The van der Waals surface area contributed by atoms with Gasteiger partial charge in [0.2, 0.25) is 0 Å². The Morgan fingerprint density at radius 3 is 2.43 bits per heavy atom. The lowest BCUT2D eigenvalue weighted by Crippen LogP contribution is -2.36. The van der Waals surface area contributed by atoms with Gasteiger partial charge in [-0.1, -0.05) is 51.8 Å². The van der Waals surface area contributed by atoms with Crippen molar-refractivity contribution in [2.24, 2.45) is 17.8 Å². The van der Waals surface area contributed by atoms with Gasteiger partial charge in [-0.2, -0.15) is 13.2 Å². The molecule has 3 atom stereocenters. The maximum atomic E-state index is 12.3. The first kappa shape index (κ1) is 19.1. The minimum atomic E-state index is -4.08. The van der Waals surface area contributed by atoms with Crippen molar-refractivity contribution in [3.8, 4) is 0 Å². The Hall–Kier alpha value is 0.100. The lowest BCUT2D eigenvalue weighted by atomic mass is 9.71. The van der Waals surface area contributed by atoms with Crippen LogP contribution in [0, 0.1) is 17.8 Å². The molecule has 0 saturated heterocycles. The molecule has 0 aromatic carbocycles. The number of alkyl halides is 3. The standard InChI is InChI=1S/C16H30F3NS/c1-4-5-13-6-7-15(11-20-12(2)3)14(10-13)8-9-21-16(17,18)19/h12-15,20H,4-11H2,1-3H3. The van der Waals surface area contributed by atoms with Gasteiger partial charge in [0.05, 0.1) is 0 Å². The van der Waals surface area contributed by atoms with Crippen LogP contribution in [0.15, 0.2) is 0 Å². The van der Waals surface area contributed by atoms with Crippen molar-refractivity contribution in [1.29, 1.82) is 0 Å². The summed E-state index contributed by atoms with van der Waals surface area (Å²) in [6.45, 7) is 7.40. The molecule has 0 spiro atoms.